The first kappa shape index (κ1) is 26.2. The van der Waals surface area contributed by atoms with Crippen molar-refractivity contribution >= 4 is 28.5 Å². The van der Waals surface area contributed by atoms with Crippen LogP contribution >= 0.6 is 11.8 Å². The number of fused-ring (bicyclic) bond motifs is 1. The summed E-state index contributed by atoms with van der Waals surface area (Å²) >= 11 is 1.55. The summed E-state index contributed by atoms with van der Waals surface area (Å²) in [5.41, 5.74) is 2.64. The van der Waals surface area contributed by atoms with E-state index >= 15 is 0 Å². The number of aliphatic hydroxyl groups is 1. The molecule has 5 rings (SSSR count). The van der Waals surface area contributed by atoms with Crippen LogP contribution in [0.3, 0.4) is 0 Å². The van der Waals surface area contributed by atoms with Crippen LogP contribution in [-0.4, -0.2) is 76.7 Å². The summed E-state index contributed by atoms with van der Waals surface area (Å²) in [7, 11) is 0. The van der Waals surface area contributed by atoms with E-state index in [0.717, 1.165) is 78.0 Å². The molecule has 0 bridgehead atoms. The second-order valence-corrected chi connectivity index (χ2v) is 10.4. The van der Waals surface area contributed by atoms with Crippen LogP contribution in [0.2, 0.25) is 0 Å². The summed E-state index contributed by atoms with van der Waals surface area (Å²) in [5, 5.41) is 15.8. The Kier molecular flexibility index (Phi) is 8.81. The molecule has 4 heterocycles. The number of aliphatic hydroxyl groups excluding tert-OH is 1. The van der Waals surface area contributed by atoms with E-state index in [9.17, 15) is 0 Å². The van der Waals surface area contributed by atoms with E-state index in [4.69, 9.17) is 34.4 Å². The minimum atomic E-state index is -0.125. The zero-order valence-electron chi connectivity index (χ0n) is 21.8. The lowest BCUT2D eigenvalue weighted by Crippen LogP contribution is -2.20. The van der Waals surface area contributed by atoms with Crippen LogP contribution in [0, 0.1) is 0 Å². The van der Waals surface area contributed by atoms with Crippen LogP contribution in [0.5, 0.6) is 5.75 Å². The smallest absolute Gasteiger partial charge is 0.189 e. The van der Waals surface area contributed by atoms with Gasteiger partial charge in [-0.2, -0.15) is 5.10 Å². The molecule has 200 valence electrons. The van der Waals surface area contributed by atoms with Crippen molar-refractivity contribution in [3.63, 3.8) is 0 Å². The summed E-state index contributed by atoms with van der Waals surface area (Å²) in [6.45, 7) is 5.89. The van der Waals surface area contributed by atoms with E-state index in [1.807, 2.05) is 23.9 Å². The number of nitrogens with zero attached hydrogens (tertiary/aromatic N) is 5. The van der Waals surface area contributed by atoms with Crippen molar-refractivity contribution in [2.24, 2.45) is 0 Å². The maximum atomic E-state index is 8.95. The van der Waals surface area contributed by atoms with E-state index in [2.05, 4.69) is 23.1 Å². The lowest BCUT2D eigenvalue weighted by molar-refractivity contribution is -0.0365. The average molecular weight is 528 g/mol. The van der Waals surface area contributed by atoms with Crippen molar-refractivity contribution in [1.29, 1.82) is 0 Å². The number of aromatic nitrogens is 4. The molecule has 9 nitrogen and oxygen atoms in total. The molecule has 2 aromatic heterocycles. The van der Waals surface area contributed by atoms with Gasteiger partial charge in [0.15, 0.2) is 11.4 Å². The molecule has 37 heavy (non-hydrogen) atoms. The monoisotopic (exact) mass is 527 g/mol. The van der Waals surface area contributed by atoms with E-state index in [-0.39, 0.29) is 18.9 Å². The van der Waals surface area contributed by atoms with Gasteiger partial charge in [-0.15, -0.1) is 0 Å². The topological polar surface area (TPSA) is 94.8 Å². The number of hydrogen-bond donors (Lipinski definition) is 1. The first-order valence-electron chi connectivity index (χ1n) is 13.3. The van der Waals surface area contributed by atoms with Crippen molar-refractivity contribution < 1.29 is 19.3 Å². The highest BCUT2D eigenvalue weighted by atomic mass is 32.2. The van der Waals surface area contributed by atoms with Gasteiger partial charge in [0.1, 0.15) is 23.4 Å². The number of thioether (sulfide) groups is 1. The highest BCUT2D eigenvalue weighted by Gasteiger charge is 2.24. The number of benzene rings is 1. The summed E-state index contributed by atoms with van der Waals surface area (Å²) in [6, 6.07) is 8.18. The van der Waals surface area contributed by atoms with E-state index in [1.54, 1.807) is 11.8 Å². The van der Waals surface area contributed by atoms with Gasteiger partial charge in [0.2, 0.25) is 0 Å². The zero-order chi connectivity index (χ0) is 25.6. The largest absolute Gasteiger partial charge is 0.488 e. The Labute approximate surface area is 222 Å². The molecule has 2 aliphatic heterocycles. The van der Waals surface area contributed by atoms with Gasteiger partial charge in [-0.25, -0.2) is 14.6 Å². The second kappa shape index (κ2) is 12.4. The van der Waals surface area contributed by atoms with Crippen LogP contribution in [0.1, 0.15) is 51.7 Å². The molecule has 2 aliphatic rings. The summed E-state index contributed by atoms with van der Waals surface area (Å²) in [6.07, 6.45) is 7.95. The third-order valence-electron chi connectivity index (χ3n) is 6.79. The van der Waals surface area contributed by atoms with Gasteiger partial charge in [-0.3, -0.25) is 0 Å². The predicted molar refractivity (Wildman–Crippen MR) is 145 cm³/mol. The van der Waals surface area contributed by atoms with Crippen molar-refractivity contribution in [2.45, 2.75) is 62.9 Å². The normalized spacial score (nSPS) is 19.0. The van der Waals surface area contributed by atoms with E-state index in [1.165, 1.54) is 12.8 Å². The summed E-state index contributed by atoms with van der Waals surface area (Å²) in [4.78, 5) is 12.0. The molecule has 2 atom stereocenters. The maximum absolute atomic E-state index is 8.95. The Morgan fingerprint density at radius 2 is 2.03 bits per heavy atom. The van der Waals surface area contributed by atoms with Crippen molar-refractivity contribution in [2.75, 3.05) is 50.7 Å². The number of anilines is 1. The molecule has 1 N–H and O–H groups in total. The van der Waals surface area contributed by atoms with Gasteiger partial charge >= 0.3 is 0 Å². The SMILES string of the molecule is CSc1nc(-c2nn(C3CCCCO3)c3ccc(O[C@@H](C)COCCCO)cc23)cc(N2CCCC2)n1. The third-order valence-corrected chi connectivity index (χ3v) is 7.34. The minimum absolute atomic E-state index is 0.0875. The molecule has 2 saturated heterocycles. The third kappa shape index (κ3) is 6.19. The van der Waals surface area contributed by atoms with E-state index < -0.39 is 0 Å². The Morgan fingerprint density at radius 1 is 1.16 bits per heavy atom. The second-order valence-electron chi connectivity index (χ2n) is 9.67. The molecule has 0 spiro atoms. The number of hydrogen-bond acceptors (Lipinski definition) is 9. The van der Waals surface area contributed by atoms with Crippen molar-refractivity contribution in [3.05, 3.63) is 24.3 Å². The van der Waals surface area contributed by atoms with Gasteiger partial charge in [0.25, 0.3) is 0 Å². The van der Waals surface area contributed by atoms with Crippen LogP contribution < -0.4 is 9.64 Å². The standard InChI is InChI=1S/C27H37N5O4S/c1-19(18-34-14-7-13-33)36-20-9-10-23-21(16-20)26(30-32(23)25-8-3-6-15-35-25)22-17-24(29-27(28-22)37-2)31-11-4-5-12-31/h9-10,16-17,19,25,33H,3-8,11-15,18H2,1-2H3/t19-,25?/m0/s1. The highest BCUT2D eigenvalue weighted by molar-refractivity contribution is 7.98. The van der Waals surface area contributed by atoms with Gasteiger partial charge in [-0.1, -0.05) is 11.8 Å². The molecule has 1 aromatic carbocycles. The minimum Gasteiger partial charge on any atom is -0.488 e. The molecule has 0 radical (unpaired) electrons. The van der Waals surface area contributed by atoms with Crippen molar-refractivity contribution in [3.8, 4) is 17.1 Å². The lowest BCUT2D eigenvalue weighted by atomic mass is 10.1. The van der Waals surface area contributed by atoms with Gasteiger partial charge in [0, 0.05) is 44.4 Å². The van der Waals surface area contributed by atoms with Crippen LogP contribution in [0.25, 0.3) is 22.3 Å². The fourth-order valence-electron chi connectivity index (χ4n) is 4.93. The predicted octanol–water partition coefficient (Wildman–Crippen LogP) is 4.68. The molecule has 0 aliphatic carbocycles. The lowest BCUT2D eigenvalue weighted by Gasteiger charge is -2.23. The molecular formula is C27H37N5O4S. The highest BCUT2D eigenvalue weighted by Crippen LogP contribution is 2.36. The molecule has 10 heteroatoms. The zero-order valence-corrected chi connectivity index (χ0v) is 22.6. The van der Waals surface area contributed by atoms with Gasteiger partial charge < -0.3 is 24.2 Å². The first-order chi connectivity index (χ1) is 18.2. The molecule has 0 amide bonds. The molecular weight excluding hydrogens is 490 g/mol. The molecule has 0 saturated carbocycles. The molecule has 1 unspecified atom stereocenters. The van der Waals surface area contributed by atoms with Crippen LogP contribution in [-0.2, 0) is 9.47 Å². The first-order valence-corrected chi connectivity index (χ1v) is 14.6. The van der Waals surface area contributed by atoms with Gasteiger partial charge in [0.05, 0.1) is 17.8 Å². The van der Waals surface area contributed by atoms with Crippen molar-refractivity contribution in [1.82, 2.24) is 19.7 Å². The Balaban J connectivity index is 1.51. The maximum Gasteiger partial charge on any atom is 0.189 e. The Morgan fingerprint density at radius 3 is 2.78 bits per heavy atom. The Hall–Kier alpha value is -2.40. The number of ether oxygens (including phenoxy) is 3. The fraction of sp³-hybridized carbons (Fsp3) is 0.593. The average Bonchev–Trinajstić information content (AvgIpc) is 3.60. The van der Waals surface area contributed by atoms with Crippen LogP contribution in [0.4, 0.5) is 5.82 Å². The Bertz CT molecular complexity index is 1180. The van der Waals surface area contributed by atoms with E-state index in [0.29, 0.717) is 19.6 Å². The summed E-state index contributed by atoms with van der Waals surface area (Å²) in [5.74, 6) is 1.72. The van der Waals surface area contributed by atoms with Crippen LogP contribution in [0.15, 0.2) is 29.4 Å². The quantitative estimate of drug-likeness (QED) is 0.217. The fourth-order valence-corrected chi connectivity index (χ4v) is 5.31. The number of rotatable bonds is 11. The van der Waals surface area contributed by atoms with Gasteiger partial charge in [-0.05, 0) is 69.9 Å². The summed E-state index contributed by atoms with van der Waals surface area (Å²) < 4.78 is 20.0. The molecule has 3 aromatic rings. The molecule has 2 fully saturated rings.